The molecule has 2 fully saturated rings. The first-order chi connectivity index (χ1) is 7.47. The minimum Gasteiger partial charge on any atom is -0.479 e. The number of aliphatic carboxylic acids is 1. The monoisotopic (exact) mass is 225 g/mol. The molecule has 90 valence electrons. The fourth-order valence-corrected chi connectivity index (χ4v) is 3.02. The number of amides is 1. The van der Waals surface area contributed by atoms with Crippen LogP contribution in [0.25, 0.3) is 0 Å². The third-order valence-electron chi connectivity index (χ3n) is 3.85. The Morgan fingerprint density at radius 2 is 1.94 bits per heavy atom. The lowest BCUT2D eigenvalue weighted by molar-refractivity contribution is -0.159. The van der Waals surface area contributed by atoms with Crippen molar-refractivity contribution in [3.63, 3.8) is 0 Å². The molecule has 0 aromatic rings. The molecular formula is C12H19NO3. The lowest BCUT2D eigenvalue weighted by atomic mass is 9.93. The summed E-state index contributed by atoms with van der Waals surface area (Å²) in [5.41, 5.74) is -0.910. The molecule has 0 aromatic carbocycles. The summed E-state index contributed by atoms with van der Waals surface area (Å²) >= 11 is 0. The van der Waals surface area contributed by atoms with E-state index >= 15 is 0 Å². The molecule has 0 aromatic heterocycles. The topological polar surface area (TPSA) is 57.6 Å². The van der Waals surface area contributed by atoms with E-state index < -0.39 is 11.5 Å². The number of hydrogen-bond acceptors (Lipinski definition) is 2. The van der Waals surface area contributed by atoms with Gasteiger partial charge >= 0.3 is 5.97 Å². The first-order valence-electron chi connectivity index (χ1n) is 6.00. The fourth-order valence-electron chi connectivity index (χ4n) is 3.02. The molecule has 4 heteroatoms. The van der Waals surface area contributed by atoms with E-state index in [9.17, 15) is 14.7 Å². The van der Waals surface area contributed by atoms with Gasteiger partial charge in [-0.05, 0) is 38.0 Å². The van der Waals surface area contributed by atoms with Gasteiger partial charge in [-0.15, -0.1) is 0 Å². The van der Waals surface area contributed by atoms with E-state index in [4.69, 9.17) is 0 Å². The Morgan fingerprint density at radius 1 is 1.31 bits per heavy atom. The molecule has 0 spiro atoms. The molecule has 0 heterocycles. The third kappa shape index (κ3) is 1.70. The van der Waals surface area contributed by atoms with E-state index in [0.717, 1.165) is 19.3 Å². The van der Waals surface area contributed by atoms with Crippen molar-refractivity contribution in [1.29, 1.82) is 0 Å². The summed E-state index contributed by atoms with van der Waals surface area (Å²) in [7, 11) is 0. The number of hydrogen-bond donors (Lipinski definition) is 1. The molecule has 4 nitrogen and oxygen atoms in total. The molecule has 2 aliphatic carbocycles. The largest absolute Gasteiger partial charge is 0.479 e. The summed E-state index contributed by atoms with van der Waals surface area (Å²) in [5, 5.41) is 9.48. The van der Waals surface area contributed by atoms with Crippen molar-refractivity contribution < 1.29 is 14.7 Å². The Balaban J connectivity index is 2.30. The maximum Gasteiger partial charge on any atom is 0.329 e. The average Bonchev–Trinajstić information content (AvgIpc) is 2.90. The van der Waals surface area contributed by atoms with Crippen LogP contribution >= 0.6 is 0 Å². The van der Waals surface area contributed by atoms with Gasteiger partial charge in [-0.2, -0.15) is 0 Å². The Bertz CT molecular complexity index is 324. The molecule has 0 aliphatic heterocycles. The summed E-state index contributed by atoms with van der Waals surface area (Å²) in [6, 6.07) is 0.180. The minimum atomic E-state index is -0.910. The lowest BCUT2D eigenvalue weighted by Gasteiger charge is -2.37. The summed E-state index contributed by atoms with van der Waals surface area (Å²) in [6.07, 6.45) is 4.05. The highest BCUT2D eigenvalue weighted by Gasteiger charge is 2.54. The van der Waals surface area contributed by atoms with Crippen LogP contribution in [-0.2, 0) is 9.59 Å². The van der Waals surface area contributed by atoms with Gasteiger partial charge in [-0.3, -0.25) is 4.79 Å². The quantitative estimate of drug-likeness (QED) is 0.794. The van der Waals surface area contributed by atoms with Crippen molar-refractivity contribution in [2.45, 2.75) is 57.5 Å². The summed E-state index contributed by atoms with van der Waals surface area (Å²) in [4.78, 5) is 24.9. The highest BCUT2D eigenvalue weighted by molar-refractivity contribution is 5.87. The van der Waals surface area contributed by atoms with Gasteiger partial charge in [0, 0.05) is 13.0 Å². The van der Waals surface area contributed by atoms with Gasteiger partial charge < -0.3 is 10.0 Å². The SMILES string of the molecule is CC(=O)N(C1CC1)C1(C(=O)O)CCC(C)C1. The minimum absolute atomic E-state index is 0.0843. The van der Waals surface area contributed by atoms with Crippen molar-refractivity contribution in [1.82, 2.24) is 4.90 Å². The third-order valence-corrected chi connectivity index (χ3v) is 3.85. The maximum atomic E-state index is 11.7. The number of carboxylic acids is 1. The summed E-state index contributed by atoms with van der Waals surface area (Å²) in [5.74, 6) is -0.505. The van der Waals surface area contributed by atoms with Crippen LogP contribution in [0.5, 0.6) is 0 Å². The first-order valence-corrected chi connectivity index (χ1v) is 6.00. The molecule has 1 N–H and O–H groups in total. The molecule has 0 bridgehead atoms. The molecule has 2 atom stereocenters. The molecule has 1 amide bonds. The van der Waals surface area contributed by atoms with Gasteiger partial charge in [0.25, 0.3) is 0 Å². The highest BCUT2D eigenvalue weighted by Crippen LogP contribution is 2.44. The maximum absolute atomic E-state index is 11.7. The van der Waals surface area contributed by atoms with Crippen LogP contribution in [0, 0.1) is 5.92 Å². The first kappa shape index (κ1) is 11.4. The van der Waals surface area contributed by atoms with Crippen molar-refractivity contribution in [2.75, 3.05) is 0 Å². The van der Waals surface area contributed by atoms with Crippen molar-refractivity contribution in [2.24, 2.45) is 5.92 Å². The molecule has 0 radical (unpaired) electrons. The van der Waals surface area contributed by atoms with Crippen molar-refractivity contribution in [3.8, 4) is 0 Å². The highest BCUT2D eigenvalue weighted by atomic mass is 16.4. The van der Waals surface area contributed by atoms with E-state index in [-0.39, 0.29) is 11.9 Å². The van der Waals surface area contributed by atoms with Crippen LogP contribution in [0.2, 0.25) is 0 Å². The summed E-state index contributed by atoms with van der Waals surface area (Å²) < 4.78 is 0. The van der Waals surface area contributed by atoms with Crippen LogP contribution in [0.1, 0.15) is 46.0 Å². The van der Waals surface area contributed by atoms with Gasteiger partial charge in [0.2, 0.25) is 5.91 Å². The molecule has 2 aliphatic rings. The second-order valence-corrected chi connectivity index (χ2v) is 5.30. The molecule has 16 heavy (non-hydrogen) atoms. The number of carboxylic acid groups (broad SMARTS) is 1. The smallest absolute Gasteiger partial charge is 0.329 e. The normalized spacial score (nSPS) is 33.8. The second kappa shape index (κ2) is 3.75. The Morgan fingerprint density at radius 3 is 2.25 bits per heavy atom. The van der Waals surface area contributed by atoms with Crippen LogP contribution in [0.15, 0.2) is 0 Å². The van der Waals surface area contributed by atoms with Crippen LogP contribution in [0.4, 0.5) is 0 Å². The van der Waals surface area contributed by atoms with Gasteiger partial charge in [0.05, 0.1) is 0 Å². The van der Waals surface area contributed by atoms with Crippen molar-refractivity contribution >= 4 is 11.9 Å². The van der Waals surface area contributed by atoms with Gasteiger partial charge in [0.1, 0.15) is 5.54 Å². The van der Waals surface area contributed by atoms with Gasteiger partial charge in [-0.1, -0.05) is 6.92 Å². The van der Waals surface area contributed by atoms with Gasteiger partial charge in [0.15, 0.2) is 0 Å². The number of carbonyl (C=O) groups excluding carboxylic acids is 1. The average molecular weight is 225 g/mol. The Kier molecular flexibility index (Phi) is 2.68. The molecule has 0 saturated heterocycles. The lowest BCUT2D eigenvalue weighted by Crippen LogP contribution is -2.56. The number of rotatable bonds is 3. The predicted octanol–water partition coefficient (Wildman–Crippen LogP) is 1.64. The Hall–Kier alpha value is -1.06. The second-order valence-electron chi connectivity index (χ2n) is 5.30. The van der Waals surface area contributed by atoms with E-state index in [1.807, 2.05) is 0 Å². The summed E-state index contributed by atoms with van der Waals surface area (Å²) in [6.45, 7) is 3.56. The number of nitrogens with zero attached hydrogens (tertiary/aromatic N) is 1. The zero-order chi connectivity index (χ0) is 11.9. The van der Waals surface area contributed by atoms with E-state index in [1.165, 1.54) is 6.92 Å². The molecule has 2 saturated carbocycles. The van der Waals surface area contributed by atoms with E-state index in [2.05, 4.69) is 6.92 Å². The van der Waals surface area contributed by atoms with E-state index in [0.29, 0.717) is 18.8 Å². The Labute approximate surface area is 95.6 Å². The van der Waals surface area contributed by atoms with Crippen molar-refractivity contribution in [3.05, 3.63) is 0 Å². The van der Waals surface area contributed by atoms with Crippen LogP contribution < -0.4 is 0 Å². The van der Waals surface area contributed by atoms with E-state index in [1.54, 1.807) is 4.90 Å². The number of carbonyl (C=O) groups is 2. The molecule has 2 unspecified atom stereocenters. The standard InChI is InChI=1S/C12H19NO3/c1-8-5-6-12(7-8,11(15)16)13(9(2)14)10-3-4-10/h8,10H,3-7H2,1-2H3,(H,15,16). The zero-order valence-corrected chi connectivity index (χ0v) is 9.90. The molecule has 2 rings (SSSR count). The van der Waals surface area contributed by atoms with Crippen LogP contribution in [-0.4, -0.2) is 33.5 Å². The molecular weight excluding hydrogens is 206 g/mol. The van der Waals surface area contributed by atoms with Gasteiger partial charge in [-0.25, -0.2) is 4.79 Å². The van der Waals surface area contributed by atoms with Crippen LogP contribution in [0.3, 0.4) is 0 Å². The predicted molar refractivity (Wildman–Crippen MR) is 58.9 cm³/mol. The fraction of sp³-hybridized carbons (Fsp3) is 0.833. The zero-order valence-electron chi connectivity index (χ0n) is 9.90.